The Labute approximate surface area is 80.0 Å². The third-order valence-corrected chi connectivity index (χ3v) is 3.35. The summed E-state index contributed by atoms with van der Waals surface area (Å²) in [6.07, 6.45) is 8.21. The minimum Gasteiger partial charge on any atom is -0.389 e. The van der Waals surface area contributed by atoms with Crippen molar-refractivity contribution >= 4 is 0 Å². The molecule has 2 aliphatic heterocycles. The summed E-state index contributed by atoms with van der Waals surface area (Å²) < 4.78 is 0. The second-order valence-electron chi connectivity index (χ2n) is 4.62. The number of nitrogens with one attached hydrogen (secondary N) is 1. The van der Waals surface area contributed by atoms with Gasteiger partial charge in [0, 0.05) is 12.1 Å². The molecule has 2 nitrogen and oxygen atoms in total. The van der Waals surface area contributed by atoms with Crippen molar-refractivity contribution in [2.45, 2.75) is 56.2 Å². The third kappa shape index (κ3) is 1.94. The summed E-state index contributed by atoms with van der Waals surface area (Å²) in [6, 6.07) is 1.11. The van der Waals surface area contributed by atoms with E-state index in [4.69, 9.17) is 0 Å². The summed E-state index contributed by atoms with van der Waals surface area (Å²) in [5.41, 5.74) is -0.456. The largest absolute Gasteiger partial charge is 0.389 e. The van der Waals surface area contributed by atoms with Crippen LogP contribution >= 0.6 is 0 Å². The molecule has 0 aromatic carbocycles. The molecule has 13 heavy (non-hydrogen) atoms. The van der Waals surface area contributed by atoms with Crippen LogP contribution in [0.4, 0.5) is 0 Å². The molecule has 74 valence electrons. The minimum atomic E-state index is -0.456. The summed E-state index contributed by atoms with van der Waals surface area (Å²) in [6.45, 7) is 3.71. The summed E-state index contributed by atoms with van der Waals surface area (Å²) in [5.74, 6) is 0. The van der Waals surface area contributed by atoms with Gasteiger partial charge < -0.3 is 10.4 Å². The maximum absolute atomic E-state index is 10.3. The van der Waals surface area contributed by atoms with Crippen LogP contribution in [0.3, 0.4) is 0 Å². The lowest BCUT2D eigenvalue weighted by Gasteiger charge is -2.45. The molecule has 2 fully saturated rings. The third-order valence-electron chi connectivity index (χ3n) is 3.35. The summed E-state index contributed by atoms with van der Waals surface area (Å²) in [4.78, 5) is 0. The van der Waals surface area contributed by atoms with E-state index in [0.29, 0.717) is 12.1 Å². The van der Waals surface area contributed by atoms with Gasteiger partial charge in [-0.3, -0.25) is 0 Å². The van der Waals surface area contributed by atoms with E-state index < -0.39 is 5.60 Å². The molecule has 2 N–H and O–H groups in total. The van der Waals surface area contributed by atoms with Crippen LogP contribution in [0.25, 0.3) is 0 Å². The van der Waals surface area contributed by atoms with E-state index >= 15 is 0 Å². The van der Waals surface area contributed by atoms with Gasteiger partial charge in [-0.15, -0.1) is 6.58 Å². The molecule has 2 rings (SSSR count). The molecule has 0 radical (unpaired) electrons. The minimum absolute atomic E-state index is 0.456. The monoisotopic (exact) mass is 181 g/mol. The predicted molar refractivity (Wildman–Crippen MR) is 53.6 cm³/mol. The van der Waals surface area contributed by atoms with E-state index in [1.54, 1.807) is 0 Å². The zero-order valence-corrected chi connectivity index (χ0v) is 8.13. The first kappa shape index (κ1) is 9.22. The summed E-state index contributed by atoms with van der Waals surface area (Å²) >= 11 is 0. The Morgan fingerprint density at radius 1 is 1.38 bits per heavy atom. The van der Waals surface area contributed by atoms with Crippen LogP contribution in [0.1, 0.15) is 38.5 Å². The highest BCUT2D eigenvalue weighted by molar-refractivity contribution is 5.00. The Kier molecular flexibility index (Phi) is 2.43. The van der Waals surface area contributed by atoms with Crippen molar-refractivity contribution in [3.63, 3.8) is 0 Å². The van der Waals surface area contributed by atoms with Gasteiger partial charge in [0.1, 0.15) is 0 Å². The second kappa shape index (κ2) is 3.43. The Hall–Kier alpha value is -0.340. The lowest BCUT2D eigenvalue weighted by atomic mass is 9.76. The zero-order chi connectivity index (χ0) is 9.31. The van der Waals surface area contributed by atoms with Gasteiger partial charge in [0.15, 0.2) is 0 Å². The Bertz CT molecular complexity index is 190. The average molecular weight is 181 g/mol. The van der Waals surface area contributed by atoms with Gasteiger partial charge >= 0.3 is 0 Å². The first-order valence-electron chi connectivity index (χ1n) is 5.31. The number of hydrogen-bond acceptors (Lipinski definition) is 2. The molecule has 2 heterocycles. The lowest BCUT2D eigenvalue weighted by molar-refractivity contribution is -0.0281. The highest BCUT2D eigenvalue weighted by Gasteiger charge is 2.39. The number of fused-ring (bicyclic) bond motifs is 2. The first-order chi connectivity index (χ1) is 6.22. The van der Waals surface area contributed by atoms with Crippen molar-refractivity contribution < 1.29 is 5.11 Å². The van der Waals surface area contributed by atoms with Crippen LogP contribution < -0.4 is 5.32 Å². The molecule has 2 heteroatoms. The van der Waals surface area contributed by atoms with E-state index in [1.165, 1.54) is 19.3 Å². The van der Waals surface area contributed by atoms with Crippen molar-refractivity contribution in [2.24, 2.45) is 0 Å². The smallest absolute Gasteiger partial charge is 0.0711 e. The zero-order valence-electron chi connectivity index (χ0n) is 8.13. The fourth-order valence-electron chi connectivity index (χ4n) is 2.87. The SMILES string of the molecule is C=CCC1(O)CC2CCCC(C1)N2. The van der Waals surface area contributed by atoms with E-state index in [9.17, 15) is 5.11 Å². The van der Waals surface area contributed by atoms with E-state index in [2.05, 4.69) is 11.9 Å². The molecule has 0 aromatic rings. The second-order valence-corrected chi connectivity index (χ2v) is 4.62. The summed E-state index contributed by atoms with van der Waals surface area (Å²) in [7, 11) is 0. The van der Waals surface area contributed by atoms with Crippen molar-refractivity contribution in [3.8, 4) is 0 Å². The van der Waals surface area contributed by atoms with E-state index in [1.807, 2.05) is 6.08 Å². The molecule has 0 aromatic heterocycles. The maximum atomic E-state index is 10.3. The van der Waals surface area contributed by atoms with Gasteiger partial charge in [-0.1, -0.05) is 12.5 Å². The Morgan fingerprint density at radius 3 is 2.54 bits per heavy atom. The van der Waals surface area contributed by atoms with Gasteiger partial charge in [0.25, 0.3) is 0 Å². The van der Waals surface area contributed by atoms with Crippen LogP contribution in [0.15, 0.2) is 12.7 Å². The number of rotatable bonds is 2. The maximum Gasteiger partial charge on any atom is 0.0711 e. The van der Waals surface area contributed by atoms with Gasteiger partial charge in [0.05, 0.1) is 5.60 Å². The molecule has 2 bridgehead atoms. The Balaban J connectivity index is 2.03. The Morgan fingerprint density at radius 2 is 2.00 bits per heavy atom. The van der Waals surface area contributed by atoms with Gasteiger partial charge in [-0.05, 0) is 32.1 Å². The van der Waals surface area contributed by atoms with E-state index in [-0.39, 0.29) is 0 Å². The van der Waals surface area contributed by atoms with Gasteiger partial charge in [-0.2, -0.15) is 0 Å². The lowest BCUT2D eigenvalue weighted by Crippen LogP contribution is -2.55. The number of piperidine rings is 2. The van der Waals surface area contributed by atoms with Crippen molar-refractivity contribution in [2.75, 3.05) is 0 Å². The fraction of sp³-hybridized carbons (Fsp3) is 0.818. The molecule has 0 aliphatic carbocycles. The summed E-state index contributed by atoms with van der Waals surface area (Å²) in [5, 5.41) is 13.8. The molecule has 2 atom stereocenters. The molecule has 2 unspecified atom stereocenters. The van der Waals surface area contributed by atoms with Gasteiger partial charge in [-0.25, -0.2) is 0 Å². The van der Waals surface area contributed by atoms with Crippen LogP contribution in [-0.4, -0.2) is 22.8 Å². The topological polar surface area (TPSA) is 32.3 Å². The van der Waals surface area contributed by atoms with Crippen LogP contribution in [0, 0.1) is 0 Å². The van der Waals surface area contributed by atoms with Crippen LogP contribution in [0.2, 0.25) is 0 Å². The van der Waals surface area contributed by atoms with Crippen molar-refractivity contribution in [1.29, 1.82) is 0 Å². The van der Waals surface area contributed by atoms with Crippen LogP contribution in [0.5, 0.6) is 0 Å². The fourth-order valence-corrected chi connectivity index (χ4v) is 2.87. The molecular formula is C11H19NO. The quantitative estimate of drug-likeness (QED) is 0.634. The molecular weight excluding hydrogens is 162 g/mol. The number of hydrogen-bond donors (Lipinski definition) is 2. The first-order valence-corrected chi connectivity index (χ1v) is 5.31. The standard InChI is InChI=1S/C11H19NO/c1-2-6-11(13)7-9-4-3-5-10(8-11)12-9/h2,9-10,12-13H,1,3-8H2. The molecule has 2 aliphatic rings. The van der Waals surface area contributed by atoms with Crippen molar-refractivity contribution in [1.82, 2.24) is 5.32 Å². The van der Waals surface area contributed by atoms with Crippen LogP contribution in [-0.2, 0) is 0 Å². The normalized spacial score (nSPS) is 44.4. The average Bonchev–Trinajstić information content (AvgIpc) is 2.02. The number of aliphatic hydroxyl groups is 1. The molecule has 0 spiro atoms. The van der Waals surface area contributed by atoms with E-state index in [0.717, 1.165) is 19.3 Å². The predicted octanol–water partition coefficient (Wildman–Crippen LogP) is 1.60. The molecule has 0 saturated carbocycles. The molecule has 0 amide bonds. The highest BCUT2D eigenvalue weighted by Crippen LogP contribution is 2.34. The molecule has 2 saturated heterocycles. The highest BCUT2D eigenvalue weighted by atomic mass is 16.3. The van der Waals surface area contributed by atoms with Crippen molar-refractivity contribution in [3.05, 3.63) is 12.7 Å². The van der Waals surface area contributed by atoms with Gasteiger partial charge in [0.2, 0.25) is 0 Å².